The number of rotatable bonds is 4. The summed E-state index contributed by atoms with van der Waals surface area (Å²) < 4.78 is 0. The molecule has 1 aliphatic heterocycles. The number of hydrogen-bond donors (Lipinski definition) is 1. The molecule has 1 N–H and O–H groups in total. The van der Waals surface area contributed by atoms with E-state index < -0.39 is 5.41 Å². The Kier molecular flexibility index (Phi) is 5.23. The summed E-state index contributed by atoms with van der Waals surface area (Å²) in [7, 11) is 0. The molecule has 2 unspecified atom stereocenters. The highest BCUT2D eigenvalue weighted by Crippen LogP contribution is 2.43. The van der Waals surface area contributed by atoms with Gasteiger partial charge in [-0.15, -0.1) is 0 Å². The van der Waals surface area contributed by atoms with Crippen LogP contribution in [0.3, 0.4) is 0 Å². The van der Waals surface area contributed by atoms with Crippen LogP contribution >= 0.6 is 34.8 Å². The van der Waals surface area contributed by atoms with Crippen molar-refractivity contribution in [2.45, 2.75) is 50.5 Å². The molecule has 2 atom stereocenters. The number of halogens is 3. The summed E-state index contributed by atoms with van der Waals surface area (Å²) in [6.45, 7) is 2.55. The van der Waals surface area contributed by atoms with E-state index in [1.165, 1.54) is 11.1 Å². The number of nitrogens with zero attached hydrogens (tertiary/aromatic N) is 1. The number of hydrogen-bond acceptors (Lipinski definition) is 2. The van der Waals surface area contributed by atoms with Crippen molar-refractivity contribution in [2.24, 2.45) is 5.92 Å². The molecule has 1 saturated carbocycles. The van der Waals surface area contributed by atoms with Gasteiger partial charge in [0.2, 0.25) is 11.8 Å². The number of nitrogens with one attached hydrogen (secondary N) is 1. The predicted molar refractivity (Wildman–Crippen MR) is 124 cm³/mol. The second kappa shape index (κ2) is 7.68. The van der Waals surface area contributed by atoms with Gasteiger partial charge in [-0.25, -0.2) is 0 Å². The SMILES string of the molecule is CC1(c2cc(Cl)c(Cl)c(Cl)c2)CCN(c2ccc3c(c2)CCC3NC(=O)C2CC2)C1=O. The highest BCUT2D eigenvalue weighted by molar-refractivity contribution is 6.48. The number of benzene rings is 2. The number of carbonyl (C=O) groups excluding carboxylic acids is 2. The lowest BCUT2D eigenvalue weighted by Crippen LogP contribution is -2.35. The summed E-state index contributed by atoms with van der Waals surface area (Å²) in [6, 6.07) is 9.72. The van der Waals surface area contributed by atoms with Crippen LogP contribution in [-0.4, -0.2) is 18.4 Å². The zero-order valence-electron chi connectivity index (χ0n) is 17.2. The lowest BCUT2D eigenvalue weighted by Gasteiger charge is -2.25. The molecule has 2 aromatic rings. The van der Waals surface area contributed by atoms with Crippen molar-refractivity contribution in [3.8, 4) is 0 Å². The summed E-state index contributed by atoms with van der Waals surface area (Å²) in [4.78, 5) is 27.5. The Balaban J connectivity index is 1.38. The maximum absolute atomic E-state index is 13.5. The average molecular weight is 478 g/mol. The fourth-order valence-corrected chi connectivity index (χ4v) is 5.38. The Labute approximate surface area is 196 Å². The zero-order chi connectivity index (χ0) is 21.9. The van der Waals surface area contributed by atoms with E-state index >= 15 is 0 Å². The standard InChI is InChI=1S/C24H23Cl3N2O2/c1-24(15-11-18(25)21(27)19(26)12-15)8-9-29(23(24)31)16-5-6-17-14(10-16)4-7-20(17)28-22(30)13-2-3-13/h5-6,10-13,20H,2-4,7-9H2,1H3,(H,28,30). The predicted octanol–water partition coefficient (Wildman–Crippen LogP) is 5.85. The maximum atomic E-state index is 13.5. The smallest absolute Gasteiger partial charge is 0.237 e. The van der Waals surface area contributed by atoms with Crippen LogP contribution in [0.15, 0.2) is 30.3 Å². The van der Waals surface area contributed by atoms with Gasteiger partial charge in [0.1, 0.15) is 0 Å². The molecule has 7 heteroatoms. The maximum Gasteiger partial charge on any atom is 0.237 e. The summed E-state index contributed by atoms with van der Waals surface area (Å²) in [5.41, 5.74) is 3.34. The normalized spacial score (nSPS) is 25.1. The highest BCUT2D eigenvalue weighted by Gasteiger charge is 2.45. The fraction of sp³-hybridized carbons (Fsp3) is 0.417. The molecule has 3 aliphatic rings. The molecule has 2 amide bonds. The zero-order valence-corrected chi connectivity index (χ0v) is 19.4. The summed E-state index contributed by atoms with van der Waals surface area (Å²) in [5.74, 6) is 0.407. The van der Waals surface area contributed by atoms with Crippen molar-refractivity contribution in [3.05, 3.63) is 62.1 Å². The quantitative estimate of drug-likeness (QED) is 0.561. The molecule has 2 aliphatic carbocycles. The molecule has 1 saturated heterocycles. The van der Waals surface area contributed by atoms with E-state index in [-0.39, 0.29) is 23.8 Å². The summed E-state index contributed by atoms with van der Waals surface area (Å²) in [5, 5.41) is 4.20. The summed E-state index contributed by atoms with van der Waals surface area (Å²) in [6.07, 6.45) is 4.48. The molecule has 162 valence electrons. The van der Waals surface area contributed by atoms with Gasteiger partial charge in [0, 0.05) is 18.2 Å². The Hall–Kier alpha value is -1.75. The van der Waals surface area contributed by atoms with Gasteiger partial charge >= 0.3 is 0 Å². The number of carbonyl (C=O) groups is 2. The third-order valence-electron chi connectivity index (χ3n) is 6.95. The van der Waals surface area contributed by atoms with Gasteiger partial charge in [0.15, 0.2) is 0 Å². The van der Waals surface area contributed by atoms with Crippen molar-refractivity contribution >= 4 is 52.3 Å². The van der Waals surface area contributed by atoms with Crippen molar-refractivity contribution in [2.75, 3.05) is 11.4 Å². The van der Waals surface area contributed by atoms with Gasteiger partial charge in [-0.05, 0) is 80.0 Å². The molecule has 0 aromatic heterocycles. The third kappa shape index (κ3) is 3.63. The third-order valence-corrected chi connectivity index (χ3v) is 8.15. The van der Waals surface area contributed by atoms with E-state index in [9.17, 15) is 9.59 Å². The first kappa shape index (κ1) is 21.1. The van der Waals surface area contributed by atoms with Crippen LogP contribution in [0, 0.1) is 5.92 Å². The van der Waals surface area contributed by atoms with Gasteiger partial charge in [0.25, 0.3) is 0 Å². The van der Waals surface area contributed by atoms with E-state index in [1.807, 2.05) is 17.9 Å². The van der Waals surface area contributed by atoms with E-state index in [2.05, 4.69) is 17.4 Å². The molecule has 0 bridgehead atoms. The first-order valence-corrected chi connectivity index (χ1v) is 11.8. The lowest BCUT2D eigenvalue weighted by molar-refractivity contribution is -0.123. The number of aryl methyl sites for hydroxylation is 1. The first-order chi connectivity index (χ1) is 14.8. The Morgan fingerprint density at radius 2 is 1.81 bits per heavy atom. The van der Waals surface area contributed by atoms with Gasteiger partial charge in [0.05, 0.1) is 26.5 Å². The van der Waals surface area contributed by atoms with Crippen molar-refractivity contribution in [1.29, 1.82) is 0 Å². The molecule has 5 rings (SSSR count). The van der Waals surface area contributed by atoms with E-state index in [1.54, 1.807) is 12.1 Å². The highest BCUT2D eigenvalue weighted by atomic mass is 35.5. The van der Waals surface area contributed by atoms with Crippen LogP contribution in [0.4, 0.5) is 5.69 Å². The second-order valence-corrected chi connectivity index (χ2v) is 10.2. The lowest BCUT2D eigenvalue weighted by atomic mass is 9.81. The molecular weight excluding hydrogens is 455 g/mol. The van der Waals surface area contributed by atoms with Gasteiger partial charge < -0.3 is 10.2 Å². The van der Waals surface area contributed by atoms with Crippen LogP contribution in [0.2, 0.25) is 15.1 Å². The minimum atomic E-state index is -0.711. The van der Waals surface area contributed by atoms with E-state index in [4.69, 9.17) is 34.8 Å². The fourth-order valence-electron chi connectivity index (χ4n) is 4.79. The molecule has 31 heavy (non-hydrogen) atoms. The van der Waals surface area contributed by atoms with Crippen LogP contribution in [0.5, 0.6) is 0 Å². The molecule has 2 fully saturated rings. The van der Waals surface area contributed by atoms with Crippen LogP contribution in [0.25, 0.3) is 0 Å². The Morgan fingerprint density at radius 1 is 1.10 bits per heavy atom. The Bertz CT molecular complexity index is 1080. The average Bonchev–Trinajstić information content (AvgIpc) is 3.47. The molecule has 1 heterocycles. The first-order valence-electron chi connectivity index (χ1n) is 10.7. The number of anilines is 1. The molecule has 4 nitrogen and oxygen atoms in total. The Morgan fingerprint density at radius 3 is 2.48 bits per heavy atom. The van der Waals surface area contributed by atoms with Crippen LogP contribution in [0.1, 0.15) is 55.3 Å². The van der Waals surface area contributed by atoms with Gasteiger partial charge in [-0.2, -0.15) is 0 Å². The largest absolute Gasteiger partial charge is 0.349 e. The molecule has 0 spiro atoms. The van der Waals surface area contributed by atoms with Crippen molar-refractivity contribution < 1.29 is 9.59 Å². The van der Waals surface area contributed by atoms with Crippen molar-refractivity contribution in [1.82, 2.24) is 5.32 Å². The monoisotopic (exact) mass is 476 g/mol. The second-order valence-electron chi connectivity index (χ2n) is 9.05. The topological polar surface area (TPSA) is 49.4 Å². The summed E-state index contributed by atoms with van der Waals surface area (Å²) >= 11 is 18.5. The van der Waals surface area contributed by atoms with Gasteiger partial charge in [-0.3, -0.25) is 9.59 Å². The minimum Gasteiger partial charge on any atom is -0.349 e. The van der Waals surface area contributed by atoms with E-state index in [0.717, 1.165) is 36.9 Å². The number of fused-ring (bicyclic) bond motifs is 1. The number of amides is 2. The van der Waals surface area contributed by atoms with Crippen LogP contribution in [-0.2, 0) is 21.4 Å². The molecule has 2 aromatic carbocycles. The van der Waals surface area contributed by atoms with Crippen LogP contribution < -0.4 is 10.2 Å². The van der Waals surface area contributed by atoms with E-state index in [0.29, 0.717) is 28.0 Å². The van der Waals surface area contributed by atoms with Crippen molar-refractivity contribution in [3.63, 3.8) is 0 Å². The van der Waals surface area contributed by atoms with Gasteiger partial charge in [-0.1, -0.05) is 40.9 Å². The minimum absolute atomic E-state index is 0.0264. The molecule has 0 radical (unpaired) electrons. The molecular formula is C24H23Cl3N2O2.